The van der Waals surface area contributed by atoms with Crippen molar-refractivity contribution in [2.45, 2.75) is 103 Å². The summed E-state index contributed by atoms with van der Waals surface area (Å²) in [6, 6.07) is 0. The van der Waals surface area contributed by atoms with E-state index in [2.05, 4.69) is 64.7 Å². The van der Waals surface area contributed by atoms with Gasteiger partial charge in [-0.15, -0.1) is 6.42 Å². The molecule has 0 saturated carbocycles. The van der Waals surface area contributed by atoms with Gasteiger partial charge in [0.25, 0.3) is 0 Å². The van der Waals surface area contributed by atoms with Crippen LogP contribution in [-0.2, 0) is 28.2 Å². The number of hydrogen-bond acceptors (Lipinski definition) is 8. The van der Waals surface area contributed by atoms with E-state index in [1.165, 1.54) is 57.8 Å². The molecule has 0 aliphatic heterocycles. The Balaban J connectivity index is -0.00000722. The Morgan fingerprint density at radius 2 is 1.20 bits per heavy atom. The van der Waals surface area contributed by atoms with Crippen molar-refractivity contribution in [3.05, 3.63) is 0 Å². The molecule has 0 heterocycles. The molecule has 0 spiro atoms. The first-order valence-corrected chi connectivity index (χ1v) is 14.7. The molecule has 0 aromatic carbocycles. The van der Waals surface area contributed by atoms with Crippen LogP contribution in [0.25, 0.3) is 0 Å². The third-order valence-corrected chi connectivity index (χ3v) is 5.68. The van der Waals surface area contributed by atoms with Crippen molar-refractivity contribution in [2.75, 3.05) is 13.2 Å². The van der Waals surface area contributed by atoms with Gasteiger partial charge >= 0.3 is 71.1 Å². The van der Waals surface area contributed by atoms with Gasteiger partial charge in [0.1, 0.15) is 6.61 Å². The molecule has 11 heteroatoms. The molecule has 0 unspecified atom stereocenters. The topological polar surface area (TPSA) is 125 Å². The van der Waals surface area contributed by atoms with Crippen LogP contribution in [0, 0.1) is 59.7 Å². The summed E-state index contributed by atoms with van der Waals surface area (Å²) in [6.45, 7) is 0.896. The van der Waals surface area contributed by atoms with Crippen LogP contribution in [0.4, 0.5) is 0 Å². The first-order chi connectivity index (χ1) is 18.8. The van der Waals surface area contributed by atoms with Crippen LogP contribution in [0.3, 0.4) is 0 Å². The van der Waals surface area contributed by atoms with E-state index in [4.69, 9.17) is 15.9 Å². The van der Waals surface area contributed by atoms with Gasteiger partial charge in [-0.2, -0.15) is 0 Å². The van der Waals surface area contributed by atoms with Gasteiger partial charge < -0.3 is 28.3 Å². The fourth-order valence-electron chi connectivity index (χ4n) is 3.30. The predicted molar refractivity (Wildman–Crippen MR) is 145 cm³/mol. The standard InChI is InChI=1S/C30H39O8P.2Na/c1-3-5-7-9-11-13-14-15-16-17-19-21-23-25-30(32)38-28(27-37-39(33,34)35)26-36-29(31)24-22-20-18-12-10-8-6-4-2;;/h2,28H,3,5,7,9,11,13-17,19,21,23,25-27H2,1H3,(H2,33,34,35);;/q;2*+1/p-2/t28-;;/m0../s1. The molecule has 0 amide bonds. The minimum Gasteiger partial charge on any atom is -0.790 e. The summed E-state index contributed by atoms with van der Waals surface area (Å²) in [7, 11) is -5.31. The molecular formula is C30H37Na2O8P. The van der Waals surface area contributed by atoms with E-state index in [-0.39, 0.29) is 65.5 Å². The van der Waals surface area contributed by atoms with E-state index >= 15 is 0 Å². The van der Waals surface area contributed by atoms with Crippen LogP contribution in [0.1, 0.15) is 96.8 Å². The van der Waals surface area contributed by atoms with Crippen LogP contribution < -0.4 is 68.9 Å². The molecule has 0 aromatic heterocycles. The van der Waals surface area contributed by atoms with Crippen molar-refractivity contribution in [1.82, 2.24) is 0 Å². The van der Waals surface area contributed by atoms with Crippen molar-refractivity contribution in [1.29, 1.82) is 0 Å². The molecule has 0 rings (SSSR count). The Labute approximate surface area is 290 Å². The molecule has 0 aromatic rings. The number of carbonyl (C=O) groups excluding carboxylic acids is 2. The normalized spacial score (nSPS) is 10.0. The number of terminal acetylenes is 1. The molecule has 41 heavy (non-hydrogen) atoms. The number of esters is 2. The number of carbonyl (C=O) groups is 2. The smallest absolute Gasteiger partial charge is 0.790 e. The maximum absolute atomic E-state index is 12.1. The van der Waals surface area contributed by atoms with E-state index in [0.717, 1.165) is 19.3 Å². The Kier molecular flexibility index (Phi) is 34.3. The van der Waals surface area contributed by atoms with E-state index in [1.54, 1.807) is 0 Å². The number of phosphoric ester groups is 1. The number of hydrogen-bond donors (Lipinski definition) is 0. The van der Waals surface area contributed by atoms with Crippen LogP contribution in [-0.4, -0.2) is 31.3 Å². The Bertz CT molecular complexity index is 1070. The van der Waals surface area contributed by atoms with Crippen LogP contribution >= 0.6 is 7.82 Å². The fraction of sp³-hybridized carbons (Fsp3) is 0.600. The molecule has 0 fully saturated rings. The monoisotopic (exact) mass is 602 g/mol. The van der Waals surface area contributed by atoms with Crippen LogP contribution in [0.15, 0.2) is 0 Å². The zero-order valence-electron chi connectivity index (χ0n) is 24.7. The van der Waals surface area contributed by atoms with Gasteiger partial charge in [-0.1, -0.05) is 84.0 Å². The maximum atomic E-state index is 12.1. The first kappa shape index (κ1) is 44.3. The molecular weight excluding hydrogens is 565 g/mol. The maximum Gasteiger partial charge on any atom is 1.00 e. The van der Waals surface area contributed by atoms with Gasteiger partial charge in [-0.05, 0) is 53.8 Å². The molecule has 0 N–H and O–H groups in total. The summed E-state index contributed by atoms with van der Waals surface area (Å²) in [5.41, 5.74) is 0. The van der Waals surface area contributed by atoms with Crippen LogP contribution in [0.2, 0.25) is 0 Å². The number of phosphoric acid groups is 1. The van der Waals surface area contributed by atoms with Gasteiger partial charge in [0.2, 0.25) is 0 Å². The molecule has 0 bridgehead atoms. The predicted octanol–water partition coefficient (Wildman–Crippen LogP) is -2.58. The minimum atomic E-state index is -5.31. The molecule has 0 saturated heterocycles. The van der Waals surface area contributed by atoms with Gasteiger partial charge in [0.05, 0.1) is 14.4 Å². The molecule has 0 aliphatic rings. The fourth-order valence-corrected chi connectivity index (χ4v) is 3.65. The molecule has 0 aliphatic carbocycles. The summed E-state index contributed by atoms with van der Waals surface area (Å²) < 4.78 is 24.9. The molecule has 8 nitrogen and oxygen atoms in total. The average molecular weight is 603 g/mol. The zero-order valence-corrected chi connectivity index (χ0v) is 29.6. The van der Waals surface area contributed by atoms with E-state index in [0.29, 0.717) is 6.42 Å². The van der Waals surface area contributed by atoms with Gasteiger partial charge in [0, 0.05) is 12.3 Å². The van der Waals surface area contributed by atoms with E-state index in [9.17, 15) is 23.9 Å². The van der Waals surface area contributed by atoms with E-state index in [1.807, 2.05) is 0 Å². The SMILES string of the molecule is C#CC#CC#CC#CC#CC(=O)OC[C@@H](COP(=O)([O-])[O-])OC(=O)CCCCCCCCCCCCCCC.[Na+].[Na+]. The number of rotatable bonds is 20. The summed E-state index contributed by atoms with van der Waals surface area (Å²) in [6.07, 6.45) is 18.9. The van der Waals surface area contributed by atoms with Gasteiger partial charge in [-0.3, -0.25) is 4.79 Å². The van der Waals surface area contributed by atoms with Crippen molar-refractivity contribution in [2.24, 2.45) is 0 Å². The molecule has 1 atom stereocenters. The van der Waals surface area contributed by atoms with Gasteiger partial charge in [0.15, 0.2) is 6.10 Å². The number of ether oxygens (including phenoxy) is 2. The Morgan fingerprint density at radius 1 is 0.732 bits per heavy atom. The summed E-state index contributed by atoms with van der Waals surface area (Å²) >= 11 is 0. The third kappa shape index (κ3) is 35.0. The van der Waals surface area contributed by atoms with Crippen molar-refractivity contribution >= 4 is 19.8 Å². The van der Waals surface area contributed by atoms with Crippen LogP contribution in [0.5, 0.6) is 0 Å². The van der Waals surface area contributed by atoms with Crippen molar-refractivity contribution < 1.29 is 97.1 Å². The minimum absolute atomic E-state index is 0. The zero-order chi connectivity index (χ0) is 29.0. The largest absolute Gasteiger partial charge is 1.00 e. The quantitative estimate of drug-likeness (QED) is 0.0372. The van der Waals surface area contributed by atoms with Crippen molar-refractivity contribution in [3.63, 3.8) is 0 Å². The van der Waals surface area contributed by atoms with E-state index < -0.39 is 39.1 Å². The third-order valence-electron chi connectivity index (χ3n) is 5.21. The molecule has 212 valence electrons. The Hall–Kier alpha value is -1.15. The first-order valence-electron chi connectivity index (χ1n) is 13.3. The van der Waals surface area contributed by atoms with Crippen molar-refractivity contribution in [3.8, 4) is 59.7 Å². The van der Waals surface area contributed by atoms with Gasteiger partial charge in [-0.25, -0.2) is 4.79 Å². The second-order valence-corrected chi connectivity index (χ2v) is 9.74. The second-order valence-electron chi connectivity index (χ2n) is 8.59. The second kappa shape index (κ2) is 31.8. The molecule has 0 radical (unpaired) electrons. The average Bonchev–Trinajstić information content (AvgIpc) is 2.89. The summed E-state index contributed by atoms with van der Waals surface area (Å²) in [5, 5.41) is 0. The summed E-state index contributed by atoms with van der Waals surface area (Å²) in [5.74, 6) is 18.6. The summed E-state index contributed by atoms with van der Waals surface area (Å²) in [4.78, 5) is 45.4. The number of unbranched alkanes of at least 4 members (excludes halogenated alkanes) is 12. The Morgan fingerprint density at radius 3 is 1.68 bits per heavy atom.